The molecule has 0 saturated carbocycles. The molecule has 0 unspecified atom stereocenters. The molecule has 0 spiro atoms. The van der Waals surface area contributed by atoms with E-state index in [0.29, 0.717) is 12.5 Å². The van der Waals surface area contributed by atoms with E-state index in [9.17, 15) is 23.2 Å². The van der Waals surface area contributed by atoms with Gasteiger partial charge in [0.25, 0.3) is 0 Å². The number of nitrogens with zero attached hydrogens (tertiary/aromatic N) is 1. The summed E-state index contributed by atoms with van der Waals surface area (Å²) in [6.07, 6.45) is 3.82. The highest BCUT2D eigenvalue weighted by atomic mass is 19.1. The third-order valence-corrected chi connectivity index (χ3v) is 5.31. The summed E-state index contributed by atoms with van der Waals surface area (Å²) in [6, 6.07) is 10.5. The highest BCUT2D eigenvalue weighted by Gasteiger charge is 2.30. The second-order valence-corrected chi connectivity index (χ2v) is 7.77. The van der Waals surface area contributed by atoms with Crippen LogP contribution in [-0.2, 0) is 20.8 Å². The molecule has 0 bridgehead atoms. The molecule has 2 N–H and O–H groups in total. The van der Waals surface area contributed by atoms with Crippen LogP contribution < -0.4 is 10.6 Å². The molecule has 8 heteroatoms. The van der Waals surface area contributed by atoms with Crippen LogP contribution in [0.4, 0.5) is 8.78 Å². The molecule has 1 aliphatic heterocycles. The Morgan fingerprint density at radius 1 is 1.12 bits per heavy atom. The Balaban J connectivity index is 1.58. The highest BCUT2D eigenvalue weighted by molar-refractivity contribution is 5.93. The minimum Gasteiger partial charge on any atom is -0.344 e. The quantitative estimate of drug-likeness (QED) is 0.677. The van der Waals surface area contributed by atoms with Gasteiger partial charge in [-0.2, -0.15) is 0 Å². The summed E-state index contributed by atoms with van der Waals surface area (Å²) in [4.78, 5) is 39.3. The van der Waals surface area contributed by atoms with E-state index >= 15 is 0 Å². The summed E-state index contributed by atoms with van der Waals surface area (Å²) in [5.41, 5.74) is 1.15. The zero-order valence-electron chi connectivity index (χ0n) is 17.8. The first-order valence-electron chi connectivity index (χ1n) is 10.3. The molecule has 3 rings (SSSR count). The first-order chi connectivity index (χ1) is 15.2. The lowest BCUT2D eigenvalue weighted by Gasteiger charge is -2.29. The van der Waals surface area contributed by atoms with Crippen molar-refractivity contribution in [1.82, 2.24) is 15.5 Å². The third kappa shape index (κ3) is 5.78. The van der Waals surface area contributed by atoms with Gasteiger partial charge in [0, 0.05) is 13.1 Å². The maximum atomic E-state index is 13.3. The molecule has 1 heterocycles. The van der Waals surface area contributed by atoms with Gasteiger partial charge < -0.3 is 15.5 Å². The fourth-order valence-electron chi connectivity index (χ4n) is 3.64. The van der Waals surface area contributed by atoms with Gasteiger partial charge in [-0.05, 0) is 36.6 Å². The third-order valence-electron chi connectivity index (χ3n) is 5.31. The molecular weight excluding hydrogens is 416 g/mol. The van der Waals surface area contributed by atoms with Gasteiger partial charge in [0.1, 0.15) is 23.7 Å². The summed E-state index contributed by atoms with van der Waals surface area (Å²) < 4.78 is 26.6. The van der Waals surface area contributed by atoms with Crippen molar-refractivity contribution in [3.05, 3.63) is 83.4 Å². The van der Waals surface area contributed by atoms with E-state index in [1.165, 1.54) is 6.92 Å². The predicted molar refractivity (Wildman–Crippen MR) is 115 cm³/mol. The molecular formula is C24H25F2N3O3. The van der Waals surface area contributed by atoms with Gasteiger partial charge in [-0.25, -0.2) is 8.78 Å². The SMILES string of the molecule is C[C@H](NC(=O)Cc1cc(F)cc(F)c1)C(=O)N[C@H]1C=CC[C@@H](c2ccccc2)N(C)C1=O. The average Bonchev–Trinajstić information content (AvgIpc) is 2.87. The van der Waals surface area contributed by atoms with E-state index < -0.39 is 35.5 Å². The van der Waals surface area contributed by atoms with E-state index in [1.54, 1.807) is 18.0 Å². The van der Waals surface area contributed by atoms with Crippen LogP contribution in [0.15, 0.2) is 60.7 Å². The summed E-state index contributed by atoms with van der Waals surface area (Å²) in [5, 5.41) is 5.13. The van der Waals surface area contributed by atoms with Crippen molar-refractivity contribution in [2.24, 2.45) is 0 Å². The first kappa shape index (κ1) is 23.1. The largest absolute Gasteiger partial charge is 0.344 e. The van der Waals surface area contributed by atoms with Gasteiger partial charge in [0.2, 0.25) is 17.7 Å². The normalized spacial score (nSPS) is 19.2. The van der Waals surface area contributed by atoms with Crippen LogP contribution in [0.3, 0.4) is 0 Å². The molecule has 6 nitrogen and oxygen atoms in total. The minimum absolute atomic E-state index is 0.148. The molecule has 0 saturated heterocycles. The number of carbonyl (C=O) groups excluding carboxylic acids is 3. The molecule has 1 aliphatic rings. The maximum Gasteiger partial charge on any atom is 0.249 e. The lowest BCUT2D eigenvalue weighted by molar-refractivity contribution is -0.136. The van der Waals surface area contributed by atoms with Crippen LogP contribution in [0.2, 0.25) is 0 Å². The molecule has 0 radical (unpaired) electrons. The van der Waals surface area contributed by atoms with E-state index in [4.69, 9.17) is 0 Å². The number of likely N-dealkylation sites (N-methyl/N-ethyl adjacent to an activating group) is 1. The molecule has 0 aromatic heterocycles. The van der Waals surface area contributed by atoms with Gasteiger partial charge in [-0.15, -0.1) is 0 Å². The Bertz CT molecular complexity index is 1010. The van der Waals surface area contributed by atoms with E-state index in [-0.39, 0.29) is 23.9 Å². The van der Waals surface area contributed by atoms with Crippen LogP contribution in [0, 0.1) is 11.6 Å². The maximum absolute atomic E-state index is 13.3. The Labute approximate surface area is 185 Å². The van der Waals surface area contributed by atoms with Crippen LogP contribution in [0.5, 0.6) is 0 Å². The van der Waals surface area contributed by atoms with Gasteiger partial charge in [0.05, 0.1) is 12.5 Å². The Kier molecular flexibility index (Phi) is 7.35. The zero-order valence-corrected chi connectivity index (χ0v) is 17.8. The van der Waals surface area contributed by atoms with Gasteiger partial charge in [-0.1, -0.05) is 42.5 Å². The molecule has 0 fully saturated rings. The fourth-order valence-corrected chi connectivity index (χ4v) is 3.64. The number of halogens is 2. The van der Waals surface area contributed by atoms with Crippen molar-refractivity contribution < 1.29 is 23.2 Å². The van der Waals surface area contributed by atoms with Gasteiger partial charge in [0.15, 0.2) is 0 Å². The second kappa shape index (κ2) is 10.2. The van der Waals surface area contributed by atoms with Crippen molar-refractivity contribution >= 4 is 17.7 Å². The number of hydrogen-bond acceptors (Lipinski definition) is 3. The molecule has 32 heavy (non-hydrogen) atoms. The number of benzene rings is 2. The molecule has 3 atom stereocenters. The lowest BCUT2D eigenvalue weighted by atomic mass is 10.0. The monoisotopic (exact) mass is 441 g/mol. The van der Waals surface area contributed by atoms with E-state index in [1.807, 2.05) is 36.4 Å². The van der Waals surface area contributed by atoms with Gasteiger partial charge >= 0.3 is 0 Å². The van der Waals surface area contributed by atoms with Crippen LogP contribution in [-0.4, -0.2) is 41.8 Å². The molecule has 2 aromatic carbocycles. The van der Waals surface area contributed by atoms with Crippen molar-refractivity contribution in [3.8, 4) is 0 Å². The summed E-state index contributed by atoms with van der Waals surface area (Å²) in [6.45, 7) is 1.47. The fraction of sp³-hybridized carbons (Fsp3) is 0.292. The van der Waals surface area contributed by atoms with Crippen LogP contribution >= 0.6 is 0 Å². The van der Waals surface area contributed by atoms with Crippen LogP contribution in [0.25, 0.3) is 0 Å². The topological polar surface area (TPSA) is 78.5 Å². The molecule has 3 amide bonds. The Hall–Kier alpha value is -3.55. The first-order valence-corrected chi connectivity index (χ1v) is 10.3. The average molecular weight is 441 g/mol. The van der Waals surface area contributed by atoms with Crippen molar-refractivity contribution in [2.75, 3.05) is 7.05 Å². The van der Waals surface area contributed by atoms with Crippen molar-refractivity contribution in [1.29, 1.82) is 0 Å². The van der Waals surface area contributed by atoms with Gasteiger partial charge in [-0.3, -0.25) is 14.4 Å². The van der Waals surface area contributed by atoms with Crippen molar-refractivity contribution in [2.45, 2.75) is 37.9 Å². The molecule has 2 aromatic rings. The number of carbonyl (C=O) groups is 3. The van der Waals surface area contributed by atoms with E-state index in [0.717, 1.165) is 17.7 Å². The summed E-state index contributed by atoms with van der Waals surface area (Å²) in [7, 11) is 1.69. The minimum atomic E-state index is -0.944. The Morgan fingerprint density at radius 3 is 2.44 bits per heavy atom. The number of rotatable bonds is 6. The van der Waals surface area contributed by atoms with E-state index in [2.05, 4.69) is 10.6 Å². The molecule has 0 aliphatic carbocycles. The smallest absolute Gasteiger partial charge is 0.249 e. The lowest BCUT2D eigenvalue weighted by Crippen LogP contribution is -2.52. The molecule has 168 valence electrons. The number of hydrogen-bond donors (Lipinski definition) is 2. The standard InChI is InChI=1S/C24H25F2N3O3/c1-15(27-22(30)13-16-11-18(25)14-19(26)12-16)23(31)28-20-9-6-10-21(29(2)24(20)32)17-7-4-3-5-8-17/h3-9,11-12,14-15,20-21H,10,13H2,1-2H3,(H,27,30)(H,28,31)/t15-,20-,21-/m0/s1. The number of nitrogens with one attached hydrogen (secondary N) is 2. The van der Waals surface area contributed by atoms with Crippen LogP contribution in [0.1, 0.15) is 30.5 Å². The summed E-state index contributed by atoms with van der Waals surface area (Å²) >= 11 is 0. The highest BCUT2D eigenvalue weighted by Crippen LogP contribution is 2.26. The zero-order chi connectivity index (χ0) is 23.3. The summed E-state index contributed by atoms with van der Waals surface area (Å²) in [5.74, 6) is -2.94. The second-order valence-electron chi connectivity index (χ2n) is 7.77. The number of amides is 3. The van der Waals surface area contributed by atoms with Crippen molar-refractivity contribution in [3.63, 3.8) is 0 Å². The predicted octanol–water partition coefficient (Wildman–Crippen LogP) is 2.66. The Morgan fingerprint density at radius 2 is 1.78 bits per heavy atom.